The van der Waals surface area contributed by atoms with Gasteiger partial charge in [0.2, 0.25) is 0 Å². The first kappa shape index (κ1) is 15.0. The second-order valence-electron chi connectivity index (χ2n) is 6.11. The van der Waals surface area contributed by atoms with Crippen molar-refractivity contribution in [2.24, 2.45) is 5.92 Å². The van der Waals surface area contributed by atoms with Gasteiger partial charge in [-0.05, 0) is 43.5 Å². The third-order valence-electron chi connectivity index (χ3n) is 4.61. The molecule has 2 aromatic rings. The first-order valence-electron chi connectivity index (χ1n) is 7.34. The molecule has 1 aliphatic carbocycles. The number of ketones is 1. The van der Waals surface area contributed by atoms with E-state index in [9.17, 15) is 13.2 Å². The Hall–Kier alpha value is -1.88. The van der Waals surface area contributed by atoms with Crippen LogP contribution in [0.15, 0.2) is 35.2 Å². The molecule has 5 heteroatoms. The van der Waals surface area contributed by atoms with Crippen LogP contribution in [0.2, 0.25) is 0 Å². The normalized spacial score (nSPS) is 21.2. The van der Waals surface area contributed by atoms with Crippen molar-refractivity contribution < 1.29 is 13.2 Å². The average molecular weight is 317 g/mol. The van der Waals surface area contributed by atoms with Crippen molar-refractivity contribution in [3.05, 3.63) is 52.8 Å². The Labute approximate surface area is 130 Å². The van der Waals surface area contributed by atoms with E-state index in [0.29, 0.717) is 11.4 Å². The van der Waals surface area contributed by atoms with Gasteiger partial charge in [-0.25, -0.2) is 12.4 Å². The van der Waals surface area contributed by atoms with Crippen LogP contribution < -0.4 is 0 Å². The molecule has 0 unspecified atom stereocenters. The first-order chi connectivity index (χ1) is 10.2. The average Bonchev–Trinajstić information content (AvgIpc) is 2.91. The number of carbonyl (C=O) groups excluding carboxylic acids is 1. The highest BCUT2D eigenvalue weighted by Crippen LogP contribution is 2.40. The summed E-state index contributed by atoms with van der Waals surface area (Å²) in [5.41, 5.74) is 2.74. The predicted octanol–water partition coefficient (Wildman–Crippen LogP) is 3.28. The smallest absolute Gasteiger partial charge is 0.268 e. The van der Waals surface area contributed by atoms with E-state index in [1.807, 2.05) is 26.8 Å². The maximum Gasteiger partial charge on any atom is 0.268 e. The van der Waals surface area contributed by atoms with Crippen molar-refractivity contribution in [3.8, 4) is 0 Å². The molecule has 1 aromatic heterocycles. The van der Waals surface area contributed by atoms with E-state index in [0.717, 1.165) is 11.1 Å². The summed E-state index contributed by atoms with van der Waals surface area (Å²) >= 11 is 0. The molecule has 4 nitrogen and oxygen atoms in total. The summed E-state index contributed by atoms with van der Waals surface area (Å²) in [6.45, 7) is 7.46. The lowest BCUT2D eigenvalue weighted by Crippen LogP contribution is -2.20. The number of fused-ring (bicyclic) bond motifs is 1. The summed E-state index contributed by atoms with van der Waals surface area (Å²) in [4.78, 5) is 12.7. The standard InChI is InChI=1S/C17H19NO3S/c1-10-5-7-14(8-6-10)22(20,21)18-11(2)9-15-12(3)13(4)17(19)16(15)18/h5-9,12-13H,1-4H3/t12-,13-/m0/s1. The van der Waals surface area contributed by atoms with Gasteiger partial charge in [0.05, 0.1) is 4.90 Å². The van der Waals surface area contributed by atoms with Crippen molar-refractivity contribution in [2.75, 3.05) is 0 Å². The van der Waals surface area contributed by atoms with Crippen LogP contribution in [-0.4, -0.2) is 18.2 Å². The van der Waals surface area contributed by atoms with E-state index in [1.54, 1.807) is 31.2 Å². The molecular formula is C17H19NO3S. The molecular weight excluding hydrogens is 298 g/mol. The molecule has 1 aliphatic rings. The molecule has 0 radical (unpaired) electrons. The fourth-order valence-corrected chi connectivity index (χ4v) is 4.63. The molecule has 0 saturated carbocycles. The fourth-order valence-electron chi connectivity index (χ4n) is 3.07. The maximum absolute atomic E-state index is 13.0. The third kappa shape index (κ3) is 1.96. The Bertz CT molecular complexity index is 860. The fraction of sp³-hybridized carbons (Fsp3) is 0.353. The Morgan fingerprint density at radius 3 is 2.18 bits per heavy atom. The number of nitrogens with zero attached hydrogens (tertiary/aromatic N) is 1. The summed E-state index contributed by atoms with van der Waals surface area (Å²) in [5, 5.41) is 0. The van der Waals surface area contributed by atoms with Crippen molar-refractivity contribution in [2.45, 2.75) is 38.5 Å². The Morgan fingerprint density at radius 1 is 1.00 bits per heavy atom. The van der Waals surface area contributed by atoms with E-state index in [1.165, 1.54) is 3.97 Å². The van der Waals surface area contributed by atoms with Crippen LogP contribution in [0.5, 0.6) is 0 Å². The van der Waals surface area contributed by atoms with Crippen LogP contribution in [0.25, 0.3) is 0 Å². The molecule has 1 aromatic carbocycles. The van der Waals surface area contributed by atoms with E-state index < -0.39 is 10.0 Å². The monoisotopic (exact) mass is 317 g/mol. The number of benzene rings is 1. The Kier molecular flexibility index (Phi) is 3.29. The van der Waals surface area contributed by atoms with Gasteiger partial charge in [-0.2, -0.15) is 0 Å². The van der Waals surface area contributed by atoms with Gasteiger partial charge in [-0.15, -0.1) is 0 Å². The van der Waals surface area contributed by atoms with Crippen LogP contribution in [-0.2, 0) is 10.0 Å². The second kappa shape index (κ2) is 4.81. The molecule has 3 rings (SSSR count). The Balaban J connectivity index is 2.24. The quantitative estimate of drug-likeness (QED) is 0.854. The van der Waals surface area contributed by atoms with E-state index in [4.69, 9.17) is 0 Å². The lowest BCUT2D eigenvalue weighted by atomic mass is 9.96. The molecule has 1 heterocycles. The van der Waals surface area contributed by atoms with Gasteiger partial charge in [0.15, 0.2) is 5.78 Å². The van der Waals surface area contributed by atoms with Gasteiger partial charge in [0, 0.05) is 11.6 Å². The lowest BCUT2D eigenvalue weighted by molar-refractivity contribution is 0.0931. The number of carbonyl (C=O) groups is 1. The molecule has 0 spiro atoms. The molecule has 0 saturated heterocycles. The van der Waals surface area contributed by atoms with Crippen LogP contribution >= 0.6 is 0 Å². The zero-order valence-electron chi connectivity index (χ0n) is 13.1. The topological polar surface area (TPSA) is 56.1 Å². The highest BCUT2D eigenvalue weighted by Gasteiger charge is 2.40. The minimum absolute atomic E-state index is 0.0515. The molecule has 22 heavy (non-hydrogen) atoms. The number of hydrogen-bond acceptors (Lipinski definition) is 3. The maximum atomic E-state index is 13.0. The number of aryl methyl sites for hydroxylation is 2. The number of hydrogen-bond donors (Lipinski definition) is 0. The summed E-state index contributed by atoms with van der Waals surface area (Å²) in [7, 11) is -3.75. The minimum Gasteiger partial charge on any atom is -0.292 e. The number of Topliss-reactive ketones (excluding diaryl/α,β-unsaturated/α-hetero) is 1. The van der Waals surface area contributed by atoms with Gasteiger partial charge in [-0.1, -0.05) is 31.5 Å². The zero-order chi connectivity index (χ0) is 16.2. The van der Waals surface area contributed by atoms with Crippen molar-refractivity contribution in [3.63, 3.8) is 0 Å². The minimum atomic E-state index is -3.75. The SMILES string of the molecule is Cc1ccc(S(=O)(=O)n2c(C)cc3c2C(=O)[C@@H](C)[C@@H]3C)cc1. The summed E-state index contributed by atoms with van der Waals surface area (Å²) in [6.07, 6.45) is 0. The molecule has 2 atom stereocenters. The van der Waals surface area contributed by atoms with Crippen LogP contribution in [0.3, 0.4) is 0 Å². The van der Waals surface area contributed by atoms with Crippen molar-refractivity contribution in [1.82, 2.24) is 3.97 Å². The van der Waals surface area contributed by atoms with Crippen molar-refractivity contribution >= 4 is 15.8 Å². The first-order valence-corrected chi connectivity index (χ1v) is 8.78. The van der Waals surface area contributed by atoms with Crippen LogP contribution in [0.1, 0.15) is 47.1 Å². The van der Waals surface area contributed by atoms with E-state index >= 15 is 0 Å². The zero-order valence-corrected chi connectivity index (χ0v) is 13.9. The van der Waals surface area contributed by atoms with E-state index in [-0.39, 0.29) is 22.5 Å². The van der Waals surface area contributed by atoms with Gasteiger partial charge >= 0.3 is 0 Å². The summed E-state index contributed by atoms with van der Waals surface area (Å²) < 4.78 is 27.1. The lowest BCUT2D eigenvalue weighted by Gasteiger charge is -2.12. The molecule has 0 bridgehead atoms. The molecule has 0 fully saturated rings. The van der Waals surface area contributed by atoms with Gasteiger partial charge in [-0.3, -0.25) is 4.79 Å². The van der Waals surface area contributed by atoms with Gasteiger partial charge < -0.3 is 0 Å². The molecule has 0 amide bonds. The Morgan fingerprint density at radius 2 is 1.59 bits per heavy atom. The van der Waals surface area contributed by atoms with Crippen molar-refractivity contribution in [1.29, 1.82) is 0 Å². The molecule has 0 N–H and O–H groups in total. The summed E-state index contributed by atoms with van der Waals surface area (Å²) in [6, 6.07) is 8.52. The second-order valence-corrected chi connectivity index (χ2v) is 7.90. The van der Waals surface area contributed by atoms with Gasteiger partial charge in [0.1, 0.15) is 5.69 Å². The molecule has 116 valence electrons. The number of aromatic nitrogens is 1. The van der Waals surface area contributed by atoms with Gasteiger partial charge in [0.25, 0.3) is 10.0 Å². The highest BCUT2D eigenvalue weighted by molar-refractivity contribution is 7.90. The number of rotatable bonds is 2. The summed E-state index contributed by atoms with van der Waals surface area (Å²) in [5.74, 6) is -0.216. The molecule has 0 aliphatic heterocycles. The van der Waals surface area contributed by atoms with Crippen LogP contribution in [0.4, 0.5) is 0 Å². The van der Waals surface area contributed by atoms with Crippen LogP contribution in [0, 0.1) is 19.8 Å². The predicted molar refractivity (Wildman–Crippen MR) is 84.8 cm³/mol. The highest BCUT2D eigenvalue weighted by atomic mass is 32.2. The largest absolute Gasteiger partial charge is 0.292 e. The third-order valence-corrected chi connectivity index (χ3v) is 6.43. The van der Waals surface area contributed by atoms with E-state index in [2.05, 4.69) is 0 Å².